The monoisotopic (exact) mass is 690 g/mol. The standard InChI is InChI=1S/C34H54N6O9/c1-9-20(4)28(32(46)36-18-26(41)38-25(33(47)48)15-19(2)3)40-31(45)24(16-22-13-11-10-12-14-22)39-29(43)21(5)37-30(44)23(35)17-27(42)49-34(6,7)8/h10-14,19-21,23-25,28H,9,15-18,35H2,1-8H3,(H,36,46)(H,37,44)(H,38,41)(H,39,43)(H,40,45)(H,47,48)/t20-,21-,23-,24-,25-,28-/m0/s1. The molecule has 0 fully saturated rings. The lowest BCUT2D eigenvalue weighted by Crippen LogP contribution is -2.59. The number of amides is 5. The van der Waals surface area contributed by atoms with Crippen molar-refractivity contribution in [3.05, 3.63) is 35.9 Å². The van der Waals surface area contributed by atoms with E-state index in [-0.39, 0.29) is 18.8 Å². The molecule has 0 saturated heterocycles. The van der Waals surface area contributed by atoms with Gasteiger partial charge in [0.25, 0.3) is 0 Å². The van der Waals surface area contributed by atoms with Crippen molar-refractivity contribution in [3.63, 3.8) is 0 Å². The van der Waals surface area contributed by atoms with Gasteiger partial charge in [0, 0.05) is 6.42 Å². The van der Waals surface area contributed by atoms with Gasteiger partial charge in [0.1, 0.15) is 29.8 Å². The van der Waals surface area contributed by atoms with Crippen LogP contribution in [0.25, 0.3) is 0 Å². The number of carboxylic acids is 1. The molecule has 0 unspecified atom stereocenters. The van der Waals surface area contributed by atoms with Crippen LogP contribution in [-0.2, 0) is 44.7 Å². The topological polar surface area (TPSA) is 235 Å². The second-order valence-corrected chi connectivity index (χ2v) is 13.6. The second kappa shape index (κ2) is 20.1. The Kier molecular flexibility index (Phi) is 17.4. The quantitative estimate of drug-likeness (QED) is 0.0995. The first-order chi connectivity index (χ1) is 22.7. The van der Waals surface area contributed by atoms with Gasteiger partial charge in [-0.15, -0.1) is 0 Å². The van der Waals surface area contributed by atoms with Gasteiger partial charge in [0.05, 0.1) is 19.0 Å². The zero-order valence-electron chi connectivity index (χ0n) is 29.8. The van der Waals surface area contributed by atoms with Crippen molar-refractivity contribution in [2.24, 2.45) is 17.6 Å². The zero-order valence-corrected chi connectivity index (χ0v) is 29.8. The predicted molar refractivity (Wildman–Crippen MR) is 182 cm³/mol. The molecule has 49 heavy (non-hydrogen) atoms. The normalized spacial score (nSPS) is 15.0. The summed E-state index contributed by atoms with van der Waals surface area (Å²) in [6.07, 6.45) is 0.314. The van der Waals surface area contributed by atoms with E-state index < -0.39 is 96.2 Å². The molecule has 0 saturated carbocycles. The summed E-state index contributed by atoms with van der Waals surface area (Å²) in [6, 6.07) is 2.99. The van der Waals surface area contributed by atoms with E-state index in [0.29, 0.717) is 12.0 Å². The summed E-state index contributed by atoms with van der Waals surface area (Å²) in [5.41, 5.74) is 5.80. The summed E-state index contributed by atoms with van der Waals surface area (Å²) >= 11 is 0. The Hall–Kier alpha value is -4.53. The molecule has 0 aliphatic rings. The van der Waals surface area contributed by atoms with Crippen molar-refractivity contribution in [1.82, 2.24) is 26.6 Å². The molecule has 1 aromatic rings. The summed E-state index contributed by atoms with van der Waals surface area (Å²) in [7, 11) is 0. The van der Waals surface area contributed by atoms with Crippen LogP contribution < -0.4 is 32.3 Å². The van der Waals surface area contributed by atoms with E-state index in [1.165, 1.54) is 6.92 Å². The number of carbonyl (C=O) groups excluding carboxylic acids is 6. The van der Waals surface area contributed by atoms with Crippen LogP contribution in [0.5, 0.6) is 0 Å². The van der Waals surface area contributed by atoms with Gasteiger partial charge in [-0.2, -0.15) is 0 Å². The summed E-state index contributed by atoms with van der Waals surface area (Å²) in [6.45, 7) is 13.1. The van der Waals surface area contributed by atoms with E-state index in [1.807, 2.05) is 20.8 Å². The highest BCUT2D eigenvalue weighted by molar-refractivity contribution is 5.96. The third-order valence-electron chi connectivity index (χ3n) is 7.37. The molecular formula is C34H54N6O9. The molecule has 1 aromatic carbocycles. The van der Waals surface area contributed by atoms with Crippen LogP contribution >= 0.6 is 0 Å². The van der Waals surface area contributed by atoms with Crippen LogP contribution in [0.2, 0.25) is 0 Å². The average Bonchev–Trinajstić information content (AvgIpc) is 3.00. The van der Waals surface area contributed by atoms with E-state index in [4.69, 9.17) is 10.5 Å². The molecule has 0 bridgehead atoms. The predicted octanol–water partition coefficient (Wildman–Crippen LogP) is 0.540. The van der Waals surface area contributed by atoms with E-state index in [1.54, 1.807) is 58.0 Å². The number of ether oxygens (including phenoxy) is 1. The maximum Gasteiger partial charge on any atom is 0.326 e. The van der Waals surface area contributed by atoms with Gasteiger partial charge in [-0.05, 0) is 51.5 Å². The van der Waals surface area contributed by atoms with Crippen LogP contribution in [0.3, 0.4) is 0 Å². The van der Waals surface area contributed by atoms with Crippen molar-refractivity contribution < 1.29 is 43.4 Å². The van der Waals surface area contributed by atoms with Crippen molar-refractivity contribution in [2.75, 3.05) is 6.54 Å². The van der Waals surface area contributed by atoms with Crippen LogP contribution in [0.1, 0.15) is 80.2 Å². The molecule has 15 heteroatoms. The fourth-order valence-electron chi connectivity index (χ4n) is 4.57. The first kappa shape index (κ1) is 42.5. The molecule has 15 nitrogen and oxygen atoms in total. The highest BCUT2D eigenvalue weighted by Gasteiger charge is 2.32. The first-order valence-corrected chi connectivity index (χ1v) is 16.5. The molecule has 1 rings (SSSR count). The van der Waals surface area contributed by atoms with Gasteiger partial charge in [-0.25, -0.2) is 4.79 Å². The minimum absolute atomic E-state index is 0.00584. The minimum atomic E-state index is -1.28. The SMILES string of the molecule is CC[C@H](C)[C@H](NC(=O)[C@H](Cc1ccccc1)NC(=O)[C@H](C)NC(=O)[C@@H](N)CC(=O)OC(C)(C)C)C(=O)NCC(=O)N[C@@H](CC(C)C)C(=O)O. The number of aliphatic carboxylic acids is 1. The Morgan fingerprint density at radius 3 is 1.96 bits per heavy atom. The molecule has 0 aliphatic heterocycles. The molecule has 0 aromatic heterocycles. The summed E-state index contributed by atoms with van der Waals surface area (Å²) in [4.78, 5) is 88.8. The molecule has 6 atom stereocenters. The average molecular weight is 691 g/mol. The van der Waals surface area contributed by atoms with Crippen LogP contribution in [-0.4, -0.2) is 88.9 Å². The number of hydrogen-bond donors (Lipinski definition) is 7. The fourth-order valence-corrected chi connectivity index (χ4v) is 4.57. The number of esters is 1. The van der Waals surface area contributed by atoms with E-state index >= 15 is 0 Å². The minimum Gasteiger partial charge on any atom is -0.480 e. The molecule has 0 spiro atoms. The maximum absolute atomic E-state index is 13.7. The number of nitrogens with two attached hydrogens (primary N) is 1. The van der Waals surface area contributed by atoms with Crippen molar-refractivity contribution in [2.45, 2.75) is 117 Å². The van der Waals surface area contributed by atoms with Crippen molar-refractivity contribution >= 4 is 41.5 Å². The third-order valence-corrected chi connectivity index (χ3v) is 7.37. The van der Waals surface area contributed by atoms with Gasteiger partial charge in [0.2, 0.25) is 29.5 Å². The summed E-state index contributed by atoms with van der Waals surface area (Å²) in [5, 5.41) is 22.0. The fraction of sp³-hybridized carbons (Fsp3) is 0.618. The van der Waals surface area contributed by atoms with Crippen LogP contribution in [0, 0.1) is 11.8 Å². The van der Waals surface area contributed by atoms with Crippen LogP contribution in [0.15, 0.2) is 30.3 Å². The van der Waals surface area contributed by atoms with E-state index in [0.717, 1.165) is 0 Å². The maximum atomic E-state index is 13.7. The Labute approximate surface area is 288 Å². The summed E-state index contributed by atoms with van der Waals surface area (Å²) < 4.78 is 5.19. The van der Waals surface area contributed by atoms with Crippen molar-refractivity contribution in [3.8, 4) is 0 Å². The highest BCUT2D eigenvalue weighted by Crippen LogP contribution is 2.12. The Bertz CT molecular complexity index is 1300. The molecule has 274 valence electrons. The Morgan fingerprint density at radius 1 is 0.816 bits per heavy atom. The zero-order chi connectivity index (χ0) is 37.5. The molecule has 5 amide bonds. The number of hydrogen-bond acceptors (Lipinski definition) is 9. The van der Waals surface area contributed by atoms with Gasteiger partial charge in [-0.3, -0.25) is 28.8 Å². The summed E-state index contributed by atoms with van der Waals surface area (Å²) in [5.74, 6) is -5.80. The molecule has 0 radical (unpaired) electrons. The third kappa shape index (κ3) is 16.4. The van der Waals surface area contributed by atoms with Gasteiger partial charge < -0.3 is 42.2 Å². The Balaban J connectivity index is 3.03. The van der Waals surface area contributed by atoms with Gasteiger partial charge in [-0.1, -0.05) is 64.4 Å². The largest absolute Gasteiger partial charge is 0.480 e. The van der Waals surface area contributed by atoms with Gasteiger partial charge in [0.15, 0.2) is 0 Å². The molecule has 0 aliphatic carbocycles. The lowest BCUT2D eigenvalue weighted by atomic mass is 9.97. The van der Waals surface area contributed by atoms with E-state index in [9.17, 15) is 38.7 Å². The highest BCUT2D eigenvalue weighted by atomic mass is 16.6. The molecule has 0 heterocycles. The number of carbonyl (C=O) groups is 7. The number of rotatable bonds is 19. The molecular weight excluding hydrogens is 636 g/mol. The van der Waals surface area contributed by atoms with Crippen LogP contribution in [0.4, 0.5) is 0 Å². The first-order valence-electron chi connectivity index (χ1n) is 16.5. The number of carboxylic acid groups (broad SMARTS) is 1. The lowest BCUT2D eigenvalue weighted by molar-refractivity contribution is -0.156. The molecule has 8 N–H and O–H groups in total. The van der Waals surface area contributed by atoms with E-state index in [2.05, 4.69) is 26.6 Å². The second-order valence-electron chi connectivity index (χ2n) is 13.6. The lowest BCUT2D eigenvalue weighted by Gasteiger charge is -2.27. The number of benzene rings is 1. The Morgan fingerprint density at radius 2 is 1.43 bits per heavy atom. The number of nitrogens with one attached hydrogen (secondary N) is 5. The smallest absolute Gasteiger partial charge is 0.326 e. The van der Waals surface area contributed by atoms with Gasteiger partial charge >= 0.3 is 11.9 Å². The van der Waals surface area contributed by atoms with Crippen molar-refractivity contribution in [1.29, 1.82) is 0 Å².